The van der Waals surface area contributed by atoms with Crippen LogP contribution in [0.25, 0.3) is 0 Å². The fourth-order valence-corrected chi connectivity index (χ4v) is 1.90. The lowest BCUT2D eigenvalue weighted by molar-refractivity contribution is -0.107. The van der Waals surface area contributed by atoms with Crippen molar-refractivity contribution >= 4 is 12.1 Å². The van der Waals surface area contributed by atoms with Crippen LogP contribution in [0.5, 0.6) is 5.75 Å². The molecule has 0 aliphatic heterocycles. The van der Waals surface area contributed by atoms with Crippen LogP contribution in [0.15, 0.2) is 24.3 Å². The molecule has 21 heavy (non-hydrogen) atoms. The van der Waals surface area contributed by atoms with E-state index in [-0.39, 0.29) is 5.84 Å². The van der Waals surface area contributed by atoms with E-state index >= 15 is 0 Å². The van der Waals surface area contributed by atoms with Gasteiger partial charge in [-0.25, -0.2) is 0 Å². The second-order valence-electron chi connectivity index (χ2n) is 4.91. The minimum atomic E-state index is 0.0684. The lowest BCUT2D eigenvalue weighted by Gasteiger charge is -2.08. The van der Waals surface area contributed by atoms with Crippen LogP contribution >= 0.6 is 0 Å². The molecule has 0 radical (unpaired) electrons. The summed E-state index contributed by atoms with van der Waals surface area (Å²) in [5, 5.41) is 10.7. The number of hydrogen-bond donors (Lipinski definition) is 3. The van der Waals surface area contributed by atoms with E-state index in [1.165, 1.54) is 0 Å². The Morgan fingerprint density at radius 3 is 2.52 bits per heavy atom. The first kappa shape index (κ1) is 17.2. The van der Waals surface area contributed by atoms with Crippen LogP contribution in [0.1, 0.15) is 37.7 Å². The first-order valence-corrected chi connectivity index (χ1v) is 7.45. The zero-order valence-electron chi connectivity index (χ0n) is 12.4. The molecule has 5 nitrogen and oxygen atoms in total. The van der Waals surface area contributed by atoms with Gasteiger partial charge in [0.25, 0.3) is 0 Å². The van der Waals surface area contributed by atoms with Gasteiger partial charge in [-0.3, -0.25) is 5.41 Å². The molecule has 0 atom stereocenters. The quantitative estimate of drug-likeness (QED) is 0.238. The van der Waals surface area contributed by atoms with E-state index in [4.69, 9.17) is 15.9 Å². The molecular formula is C16H25N3O2. The predicted octanol–water partition coefficient (Wildman–Crippen LogP) is 2.09. The molecule has 0 amide bonds. The van der Waals surface area contributed by atoms with E-state index in [2.05, 4.69) is 5.32 Å². The smallest absolute Gasteiger partial charge is 0.122 e. The van der Waals surface area contributed by atoms with Crippen molar-refractivity contribution in [1.29, 1.82) is 5.41 Å². The third kappa shape index (κ3) is 8.09. The molecule has 0 aliphatic carbocycles. The maximum absolute atomic E-state index is 10.1. The Morgan fingerprint density at radius 1 is 1.14 bits per heavy atom. The van der Waals surface area contributed by atoms with E-state index in [0.29, 0.717) is 18.6 Å². The first-order chi connectivity index (χ1) is 10.2. The van der Waals surface area contributed by atoms with Gasteiger partial charge in [0, 0.05) is 12.0 Å². The van der Waals surface area contributed by atoms with Crippen molar-refractivity contribution in [2.24, 2.45) is 5.73 Å². The maximum atomic E-state index is 10.1. The van der Waals surface area contributed by atoms with E-state index in [9.17, 15) is 4.79 Å². The van der Waals surface area contributed by atoms with Gasteiger partial charge in [0.05, 0.1) is 6.61 Å². The molecule has 0 unspecified atom stereocenters. The molecule has 0 fully saturated rings. The average Bonchev–Trinajstić information content (AvgIpc) is 2.49. The Bertz CT molecular complexity index is 418. The van der Waals surface area contributed by atoms with Crippen LogP contribution in [-0.2, 0) is 4.79 Å². The third-order valence-corrected chi connectivity index (χ3v) is 3.11. The number of amidine groups is 1. The number of hydrogen-bond acceptors (Lipinski definition) is 4. The molecule has 4 N–H and O–H groups in total. The summed E-state index contributed by atoms with van der Waals surface area (Å²) in [7, 11) is 0. The molecule has 116 valence electrons. The van der Waals surface area contributed by atoms with Crippen molar-refractivity contribution in [3.05, 3.63) is 29.8 Å². The van der Waals surface area contributed by atoms with Crippen molar-refractivity contribution < 1.29 is 9.53 Å². The van der Waals surface area contributed by atoms with Crippen LogP contribution in [0.3, 0.4) is 0 Å². The second kappa shape index (κ2) is 10.9. The number of aldehydes is 1. The van der Waals surface area contributed by atoms with Gasteiger partial charge in [0.15, 0.2) is 0 Å². The summed E-state index contributed by atoms with van der Waals surface area (Å²) >= 11 is 0. The van der Waals surface area contributed by atoms with Crippen LogP contribution in [0, 0.1) is 5.41 Å². The van der Waals surface area contributed by atoms with Crippen LogP contribution < -0.4 is 15.8 Å². The van der Waals surface area contributed by atoms with Gasteiger partial charge in [-0.05, 0) is 56.6 Å². The molecule has 1 aromatic rings. The molecule has 0 saturated carbocycles. The molecule has 0 saturated heterocycles. The monoisotopic (exact) mass is 291 g/mol. The van der Waals surface area contributed by atoms with Crippen molar-refractivity contribution in [3.63, 3.8) is 0 Å². The fraction of sp³-hybridized carbons (Fsp3) is 0.500. The number of ether oxygens (including phenoxy) is 1. The van der Waals surface area contributed by atoms with Gasteiger partial charge in [-0.2, -0.15) is 0 Å². The van der Waals surface area contributed by atoms with Gasteiger partial charge in [-0.15, -0.1) is 0 Å². The first-order valence-electron chi connectivity index (χ1n) is 7.45. The SMILES string of the molecule is N=C(N)c1ccc(OCCCNCCCCCC=O)cc1. The van der Waals surface area contributed by atoms with Gasteiger partial charge in [-0.1, -0.05) is 6.42 Å². The Kier molecular flexibility index (Phi) is 8.88. The summed E-state index contributed by atoms with van der Waals surface area (Å²) in [6.45, 7) is 2.59. The predicted molar refractivity (Wildman–Crippen MR) is 85.0 cm³/mol. The van der Waals surface area contributed by atoms with Crippen LogP contribution in [-0.4, -0.2) is 31.8 Å². The summed E-state index contributed by atoms with van der Waals surface area (Å²) < 4.78 is 5.61. The highest BCUT2D eigenvalue weighted by Gasteiger charge is 1.97. The van der Waals surface area contributed by atoms with Gasteiger partial charge in [0.2, 0.25) is 0 Å². The van der Waals surface area contributed by atoms with E-state index in [1.807, 2.05) is 12.1 Å². The number of rotatable bonds is 12. The number of carbonyl (C=O) groups excluding carboxylic acids is 1. The van der Waals surface area contributed by atoms with Crippen molar-refractivity contribution in [3.8, 4) is 5.75 Å². The number of nitrogen functional groups attached to an aromatic ring is 1. The lowest BCUT2D eigenvalue weighted by atomic mass is 10.2. The highest BCUT2D eigenvalue weighted by atomic mass is 16.5. The fourth-order valence-electron chi connectivity index (χ4n) is 1.90. The van der Waals surface area contributed by atoms with E-state index < -0.39 is 0 Å². The summed E-state index contributed by atoms with van der Waals surface area (Å²) in [6, 6.07) is 7.24. The molecule has 0 aromatic heterocycles. The lowest BCUT2D eigenvalue weighted by Crippen LogP contribution is -2.18. The molecular weight excluding hydrogens is 266 g/mol. The standard InChI is InChI=1S/C16H25N3O2/c17-16(18)14-6-8-15(9-7-14)21-13-5-11-19-10-3-1-2-4-12-20/h6-9,12,19H,1-5,10-11,13H2,(H3,17,18). The molecule has 1 aromatic carbocycles. The highest BCUT2D eigenvalue weighted by molar-refractivity contribution is 5.94. The largest absolute Gasteiger partial charge is 0.494 e. The van der Waals surface area contributed by atoms with Gasteiger partial charge in [0.1, 0.15) is 17.9 Å². The van der Waals surface area contributed by atoms with E-state index in [1.54, 1.807) is 12.1 Å². The minimum Gasteiger partial charge on any atom is -0.494 e. The molecule has 0 heterocycles. The second-order valence-corrected chi connectivity index (χ2v) is 4.91. The zero-order valence-corrected chi connectivity index (χ0v) is 12.4. The zero-order chi connectivity index (χ0) is 15.3. The summed E-state index contributed by atoms with van der Waals surface area (Å²) in [4.78, 5) is 10.1. The topological polar surface area (TPSA) is 88.2 Å². The maximum Gasteiger partial charge on any atom is 0.122 e. The Balaban J connectivity index is 1.99. The van der Waals surface area contributed by atoms with E-state index in [0.717, 1.165) is 50.8 Å². The van der Waals surface area contributed by atoms with Crippen molar-refractivity contribution in [2.75, 3.05) is 19.7 Å². The van der Waals surface area contributed by atoms with Crippen molar-refractivity contribution in [2.45, 2.75) is 32.1 Å². The third-order valence-electron chi connectivity index (χ3n) is 3.11. The summed E-state index contributed by atoms with van der Waals surface area (Å²) in [6.07, 6.45) is 5.81. The normalized spacial score (nSPS) is 10.3. The number of nitrogens with one attached hydrogen (secondary N) is 2. The summed E-state index contributed by atoms with van der Waals surface area (Å²) in [5.41, 5.74) is 6.09. The molecule has 0 spiro atoms. The summed E-state index contributed by atoms with van der Waals surface area (Å²) in [5.74, 6) is 0.868. The van der Waals surface area contributed by atoms with Gasteiger partial charge < -0.3 is 20.6 Å². The average molecular weight is 291 g/mol. The highest BCUT2D eigenvalue weighted by Crippen LogP contribution is 2.11. The molecule has 0 bridgehead atoms. The van der Waals surface area contributed by atoms with Crippen molar-refractivity contribution in [1.82, 2.24) is 5.32 Å². The number of benzene rings is 1. The number of nitrogens with two attached hydrogens (primary N) is 1. The molecule has 1 rings (SSSR count). The Labute approximate surface area is 126 Å². The van der Waals surface area contributed by atoms with Crippen LogP contribution in [0.4, 0.5) is 0 Å². The Morgan fingerprint density at radius 2 is 1.86 bits per heavy atom. The number of unbranched alkanes of at least 4 members (excludes halogenated alkanes) is 3. The Hall–Kier alpha value is -1.88. The minimum absolute atomic E-state index is 0.0684. The van der Waals surface area contributed by atoms with Crippen LogP contribution in [0.2, 0.25) is 0 Å². The molecule has 0 aliphatic rings. The number of carbonyl (C=O) groups is 1. The molecule has 5 heteroatoms. The van der Waals surface area contributed by atoms with Gasteiger partial charge >= 0.3 is 0 Å².